The minimum Gasteiger partial charge on any atom is -0.314 e. The van der Waals surface area contributed by atoms with Gasteiger partial charge in [-0.2, -0.15) is 0 Å². The van der Waals surface area contributed by atoms with Crippen molar-refractivity contribution in [3.63, 3.8) is 0 Å². The van der Waals surface area contributed by atoms with Gasteiger partial charge in [0.1, 0.15) is 0 Å². The molecule has 40 heavy (non-hydrogen) atoms. The highest BCUT2D eigenvalue weighted by atomic mass is 14.9. The Morgan fingerprint density at radius 1 is 0.300 bits per heavy atom. The third-order valence-electron chi connectivity index (χ3n) is 8.62. The fraction of sp³-hybridized carbons (Fsp3) is 1.00. The van der Waals surface area contributed by atoms with E-state index in [9.17, 15) is 0 Å². The van der Waals surface area contributed by atoms with Crippen LogP contribution in [0.25, 0.3) is 0 Å². The van der Waals surface area contributed by atoms with Crippen molar-refractivity contribution in [1.82, 2.24) is 21.3 Å². The minimum atomic E-state index is 0.753. The highest BCUT2D eigenvalue weighted by molar-refractivity contribution is 4.75. The first-order valence-electron chi connectivity index (χ1n) is 18.2. The van der Waals surface area contributed by atoms with Crippen LogP contribution in [0.4, 0.5) is 0 Å². The molecule has 0 bridgehead atoms. The van der Waals surface area contributed by atoms with Crippen molar-refractivity contribution in [2.75, 3.05) is 26.2 Å². The molecule has 4 nitrogen and oxygen atoms in total. The number of rotatable bonds is 0. The summed E-state index contributed by atoms with van der Waals surface area (Å²) in [6.07, 6.45) is 11.1. The first-order chi connectivity index (χ1) is 19.2. The van der Waals surface area contributed by atoms with Crippen molar-refractivity contribution in [2.24, 2.45) is 23.7 Å². The molecular formula is C36H84N4. The van der Waals surface area contributed by atoms with E-state index >= 15 is 0 Å². The minimum absolute atomic E-state index is 0.753. The molecule has 8 atom stereocenters. The molecular weight excluding hydrogens is 488 g/mol. The standard InChI is InChI=1S/4C7H15N.4C2H6/c4*1-6-4-3-5-8-7(6)2;4*1-2/h4*6-8H,3-5H2,1-2H3;4*1-2H3/t2*6-,7+;2*6-,7-;;;;/m1010..../s1. The molecule has 0 aliphatic carbocycles. The Bertz CT molecular complexity index is 325. The molecule has 4 heteroatoms. The summed E-state index contributed by atoms with van der Waals surface area (Å²) in [7, 11) is 0. The average Bonchev–Trinajstić information content (AvgIpc) is 3.00. The van der Waals surface area contributed by atoms with Crippen LogP contribution in [0.1, 0.15) is 162 Å². The van der Waals surface area contributed by atoms with E-state index in [2.05, 4.69) is 76.7 Å². The normalized spacial score (nSPS) is 32.4. The van der Waals surface area contributed by atoms with E-state index in [0.29, 0.717) is 0 Å². The number of nitrogens with one attached hydrogen (secondary N) is 4. The Labute approximate surface area is 257 Å². The fourth-order valence-corrected chi connectivity index (χ4v) is 4.82. The maximum absolute atomic E-state index is 3.43. The molecule has 0 radical (unpaired) electrons. The molecule has 248 valence electrons. The summed E-state index contributed by atoms with van der Waals surface area (Å²) in [5.41, 5.74) is 0. The summed E-state index contributed by atoms with van der Waals surface area (Å²) in [4.78, 5) is 0. The van der Waals surface area contributed by atoms with Crippen molar-refractivity contribution in [3.05, 3.63) is 0 Å². The molecule has 4 rings (SSSR count). The lowest BCUT2D eigenvalue weighted by Crippen LogP contribution is -2.37. The maximum Gasteiger partial charge on any atom is 0.00643 e. The molecule has 0 aromatic carbocycles. The van der Waals surface area contributed by atoms with Gasteiger partial charge in [0.05, 0.1) is 0 Å². The second-order valence-corrected chi connectivity index (χ2v) is 11.4. The lowest BCUT2D eigenvalue weighted by atomic mass is 9.94. The van der Waals surface area contributed by atoms with Gasteiger partial charge in [0.15, 0.2) is 0 Å². The van der Waals surface area contributed by atoms with Gasteiger partial charge in [-0.1, -0.05) is 83.1 Å². The monoisotopic (exact) mass is 573 g/mol. The largest absolute Gasteiger partial charge is 0.314 e. The highest BCUT2D eigenvalue weighted by Gasteiger charge is 2.16. The first-order valence-corrected chi connectivity index (χ1v) is 18.2. The van der Waals surface area contributed by atoms with Crippen LogP contribution in [-0.4, -0.2) is 50.3 Å². The average molecular weight is 573 g/mol. The third kappa shape index (κ3) is 26.7. The van der Waals surface area contributed by atoms with Gasteiger partial charge in [0.2, 0.25) is 0 Å². The van der Waals surface area contributed by atoms with Crippen LogP contribution in [0.3, 0.4) is 0 Å². The predicted octanol–water partition coefficient (Wildman–Crippen LogP) is 9.68. The summed E-state index contributed by atoms with van der Waals surface area (Å²) < 4.78 is 0. The van der Waals surface area contributed by atoms with Crippen molar-refractivity contribution in [1.29, 1.82) is 0 Å². The molecule has 0 unspecified atom stereocenters. The van der Waals surface area contributed by atoms with E-state index in [1.165, 1.54) is 77.5 Å². The van der Waals surface area contributed by atoms with Crippen LogP contribution in [0.15, 0.2) is 0 Å². The SMILES string of the molecule is CC.CC.CC.CC.C[C@@H]1CCCN[C@@H]1C.C[C@@H]1CCCN[C@H]1C.C[C@@H]1NCCC[C@@H]1C.C[C@H]1CCCN[C@@H]1C. The fourth-order valence-electron chi connectivity index (χ4n) is 4.82. The molecule has 0 amide bonds. The summed E-state index contributed by atoms with van der Waals surface area (Å²) in [5, 5.41) is 13.7. The van der Waals surface area contributed by atoms with Crippen LogP contribution in [0.2, 0.25) is 0 Å². The van der Waals surface area contributed by atoms with E-state index in [4.69, 9.17) is 0 Å². The Hall–Kier alpha value is -0.160. The van der Waals surface area contributed by atoms with Crippen molar-refractivity contribution in [2.45, 2.75) is 186 Å². The van der Waals surface area contributed by atoms with Crippen molar-refractivity contribution < 1.29 is 0 Å². The smallest absolute Gasteiger partial charge is 0.00643 e. The van der Waals surface area contributed by atoms with E-state index < -0.39 is 0 Å². The van der Waals surface area contributed by atoms with E-state index in [1.807, 2.05) is 55.4 Å². The molecule has 0 aromatic rings. The first kappa shape index (κ1) is 46.8. The summed E-state index contributed by atoms with van der Waals surface area (Å²) in [6, 6.07) is 3.01. The second-order valence-electron chi connectivity index (χ2n) is 11.4. The topological polar surface area (TPSA) is 48.1 Å². The zero-order valence-corrected chi connectivity index (χ0v) is 31.1. The van der Waals surface area contributed by atoms with E-state index in [0.717, 1.165) is 47.8 Å². The lowest BCUT2D eigenvalue weighted by Gasteiger charge is -2.26. The molecule has 4 saturated heterocycles. The predicted molar refractivity (Wildman–Crippen MR) is 189 cm³/mol. The lowest BCUT2D eigenvalue weighted by molar-refractivity contribution is 0.319. The van der Waals surface area contributed by atoms with Gasteiger partial charge in [-0.3, -0.25) is 0 Å². The molecule has 0 spiro atoms. The highest BCUT2D eigenvalue weighted by Crippen LogP contribution is 2.16. The van der Waals surface area contributed by atoms with Crippen molar-refractivity contribution >= 4 is 0 Å². The quantitative estimate of drug-likeness (QED) is 0.233. The second kappa shape index (κ2) is 35.0. The molecule has 4 fully saturated rings. The number of piperidine rings is 4. The van der Waals surface area contributed by atoms with E-state index in [-0.39, 0.29) is 0 Å². The molecule has 0 saturated carbocycles. The van der Waals surface area contributed by atoms with Crippen LogP contribution in [0.5, 0.6) is 0 Å². The van der Waals surface area contributed by atoms with Crippen LogP contribution >= 0.6 is 0 Å². The van der Waals surface area contributed by atoms with Gasteiger partial charge in [-0.15, -0.1) is 0 Å². The van der Waals surface area contributed by atoms with Gasteiger partial charge < -0.3 is 21.3 Å². The zero-order chi connectivity index (χ0) is 31.9. The Kier molecular flexibility index (Phi) is 41.0. The van der Waals surface area contributed by atoms with Gasteiger partial charge in [-0.05, 0) is 129 Å². The molecule has 4 heterocycles. The summed E-state index contributed by atoms with van der Waals surface area (Å²) >= 11 is 0. The van der Waals surface area contributed by atoms with E-state index in [1.54, 1.807) is 0 Å². The van der Waals surface area contributed by atoms with Crippen LogP contribution in [0, 0.1) is 23.7 Å². The van der Waals surface area contributed by atoms with Crippen LogP contribution in [-0.2, 0) is 0 Å². The number of hydrogen-bond acceptors (Lipinski definition) is 4. The third-order valence-corrected chi connectivity index (χ3v) is 8.62. The van der Waals surface area contributed by atoms with Crippen LogP contribution < -0.4 is 21.3 Å². The Morgan fingerprint density at radius 2 is 0.450 bits per heavy atom. The van der Waals surface area contributed by atoms with Gasteiger partial charge in [0.25, 0.3) is 0 Å². The van der Waals surface area contributed by atoms with Crippen molar-refractivity contribution in [3.8, 4) is 0 Å². The molecule has 4 aliphatic heterocycles. The van der Waals surface area contributed by atoms with Gasteiger partial charge in [-0.25, -0.2) is 0 Å². The molecule has 4 aliphatic rings. The number of hydrogen-bond donors (Lipinski definition) is 4. The summed E-state index contributed by atoms with van der Waals surface area (Å²) in [6.45, 7) is 39.2. The molecule has 0 aromatic heterocycles. The van der Waals surface area contributed by atoms with Gasteiger partial charge >= 0.3 is 0 Å². The van der Waals surface area contributed by atoms with Gasteiger partial charge in [0, 0.05) is 24.2 Å². The maximum atomic E-state index is 3.43. The Morgan fingerprint density at radius 3 is 0.525 bits per heavy atom. The molecule has 4 N–H and O–H groups in total. The Balaban J connectivity index is -0.000000199. The summed E-state index contributed by atoms with van der Waals surface area (Å²) in [5.74, 6) is 3.57. The zero-order valence-electron chi connectivity index (χ0n) is 31.1.